The number of phenolic OH excluding ortho intramolecular Hbond substituents is 6. The Kier molecular flexibility index (Phi) is 2.12. The molecule has 6 nitrogen and oxygen atoms in total. The zero-order valence-corrected chi connectivity index (χ0v) is 10.1. The summed E-state index contributed by atoms with van der Waals surface area (Å²) in [4.78, 5) is 0. The summed E-state index contributed by atoms with van der Waals surface area (Å²) in [5, 5.41) is 58.1. The number of hydrogen-bond acceptors (Lipinski definition) is 7. The SMILES string of the molecule is Oc1cc(O)c2sc3c(O)cc(O)c(O)c3c2c1O. The van der Waals surface area contributed by atoms with Gasteiger partial charge in [-0.1, -0.05) is 0 Å². The maximum Gasteiger partial charge on any atom is 0.167 e. The molecule has 0 aliphatic rings. The highest BCUT2D eigenvalue weighted by Crippen LogP contribution is 2.54. The smallest absolute Gasteiger partial charge is 0.167 e. The molecule has 0 bridgehead atoms. The summed E-state index contributed by atoms with van der Waals surface area (Å²) >= 11 is 0.918. The number of aromatic hydroxyl groups is 6. The molecule has 19 heavy (non-hydrogen) atoms. The van der Waals surface area contributed by atoms with Crippen LogP contribution in [0, 0.1) is 0 Å². The largest absolute Gasteiger partial charge is 0.506 e. The topological polar surface area (TPSA) is 121 Å². The summed E-state index contributed by atoms with van der Waals surface area (Å²) in [7, 11) is 0. The van der Waals surface area contributed by atoms with Gasteiger partial charge in [0.2, 0.25) is 0 Å². The molecule has 1 aromatic heterocycles. The molecule has 6 N–H and O–H groups in total. The number of rotatable bonds is 0. The highest BCUT2D eigenvalue weighted by atomic mass is 32.1. The third kappa shape index (κ3) is 1.36. The van der Waals surface area contributed by atoms with Crippen LogP contribution in [-0.2, 0) is 0 Å². The molecule has 0 radical (unpaired) electrons. The predicted octanol–water partition coefficient (Wildman–Crippen LogP) is 2.29. The van der Waals surface area contributed by atoms with E-state index in [1.54, 1.807) is 0 Å². The van der Waals surface area contributed by atoms with Crippen molar-refractivity contribution in [2.24, 2.45) is 0 Å². The monoisotopic (exact) mass is 280 g/mol. The van der Waals surface area contributed by atoms with E-state index < -0.39 is 23.0 Å². The fourth-order valence-electron chi connectivity index (χ4n) is 2.03. The van der Waals surface area contributed by atoms with Crippen molar-refractivity contribution < 1.29 is 30.6 Å². The van der Waals surface area contributed by atoms with Crippen LogP contribution in [0.15, 0.2) is 12.1 Å². The molecule has 0 aliphatic heterocycles. The van der Waals surface area contributed by atoms with E-state index in [2.05, 4.69) is 0 Å². The van der Waals surface area contributed by atoms with Crippen LogP contribution in [0.5, 0.6) is 34.5 Å². The van der Waals surface area contributed by atoms with Crippen molar-refractivity contribution in [1.82, 2.24) is 0 Å². The number of fused-ring (bicyclic) bond motifs is 3. The van der Waals surface area contributed by atoms with Crippen LogP contribution in [0.4, 0.5) is 0 Å². The summed E-state index contributed by atoms with van der Waals surface area (Å²) in [6.45, 7) is 0. The Hall–Kier alpha value is -2.54. The number of hydrogen-bond donors (Lipinski definition) is 6. The van der Waals surface area contributed by atoms with E-state index in [1.165, 1.54) is 0 Å². The molecule has 1 heterocycles. The highest BCUT2D eigenvalue weighted by molar-refractivity contribution is 7.26. The Labute approximate surface area is 109 Å². The van der Waals surface area contributed by atoms with Crippen LogP contribution in [0.1, 0.15) is 0 Å². The van der Waals surface area contributed by atoms with Crippen LogP contribution in [-0.4, -0.2) is 30.6 Å². The molecular weight excluding hydrogens is 272 g/mol. The quantitative estimate of drug-likeness (QED) is 0.277. The van der Waals surface area contributed by atoms with Crippen LogP contribution < -0.4 is 0 Å². The molecule has 3 aromatic rings. The van der Waals surface area contributed by atoms with Gasteiger partial charge < -0.3 is 30.6 Å². The molecule has 0 saturated carbocycles. The lowest BCUT2D eigenvalue weighted by Gasteiger charge is -2.04. The lowest BCUT2D eigenvalue weighted by molar-refractivity contribution is 0.400. The molecule has 0 amide bonds. The summed E-state index contributed by atoms with van der Waals surface area (Å²) in [5.74, 6) is -2.81. The Morgan fingerprint density at radius 1 is 0.579 bits per heavy atom. The summed E-state index contributed by atoms with van der Waals surface area (Å²) < 4.78 is 0.364. The Morgan fingerprint density at radius 2 is 0.947 bits per heavy atom. The van der Waals surface area contributed by atoms with Crippen molar-refractivity contribution in [3.05, 3.63) is 12.1 Å². The second-order valence-electron chi connectivity index (χ2n) is 4.04. The average molecular weight is 280 g/mol. The van der Waals surface area contributed by atoms with Crippen molar-refractivity contribution in [2.75, 3.05) is 0 Å². The van der Waals surface area contributed by atoms with Crippen LogP contribution >= 0.6 is 11.3 Å². The van der Waals surface area contributed by atoms with Gasteiger partial charge in [-0.05, 0) is 0 Å². The molecule has 0 fully saturated rings. The average Bonchev–Trinajstić information content (AvgIpc) is 2.75. The van der Waals surface area contributed by atoms with Crippen molar-refractivity contribution in [2.45, 2.75) is 0 Å². The second kappa shape index (κ2) is 3.48. The van der Waals surface area contributed by atoms with Gasteiger partial charge >= 0.3 is 0 Å². The minimum Gasteiger partial charge on any atom is -0.506 e. The molecule has 3 rings (SSSR count). The molecule has 0 aliphatic carbocycles. The fourth-order valence-corrected chi connectivity index (χ4v) is 3.16. The van der Waals surface area contributed by atoms with Crippen LogP contribution in [0.25, 0.3) is 20.2 Å². The van der Waals surface area contributed by atoms with E-state index in [0.29, 0.717) is 0 Å². The van der Waals surface area contributed by atoms with E-state index in [9.17, 15) is 30.6 Å². The molecular formula is C12H8O6S. The minimum atomic E-state index is -0.563. The van der Waals surface area contributed by atoms with Gasteiger partial charge in [-0.25, -0.2) is 0 Å². The highest BCUT2D eigenvalue weighted by Gasteiger charge is 2.22. The maximum absolute atomic E-state index is 9.85. The molecule has 0 saturated heterocycles. The first-order chi connectivity index (χ1) is 8.91. The molecule has 0 unspecified atom stereocenters. The normalized spacial score (nSPS) is 11.4. The summed E-state index contributed by atoms with van der Waals surface area (Å²) in [5.41, 5.74) is 0. The van der Waals surface area contributed by atoms with E-state index in [1.807, 2.05) is 0 Å². The second-order valence-corrected chi connectivity index (χ2v) is 5.06. The number of thiophene rings is 1. The van der Waals surface area contributed by atoms with Gasteiger partial charge in [0.1, 0.15) is 11.5 Å². The number of benzene rings is 2. The molecule has 98 valence electrons. The Bertz CT molecular complexity index is 767. The summed E-state index contributed by atoms with van der Waals surface area (Å²) in [6.07, 6.45) is 0. The predicted molar refractivity (Wildman–Crippen MR) is 69.3 cm³/mol. The summed E-state index contributed by atoms with van der Waals surface area (Å²) in [6, 6.07) is 1.92. The van der Waals surface area contributed by atoms with Crippen LogP contribution in [0.2, 0.25) is 0 Å². The zero-order chi connectivity index (χ0) is 13.9. The first-order valence-corrected chi connectivity index (χ1v) is 5.97. The van der Waals surface area contributed by atoms with Gasteiger partial charge in [-0.15, -0.1) is 11.3 Å². The van der Waals surface area contributed by atoms with Gasteiger partial charge in [0, 0.05) is 12.1 Å². The third-order valence-electron chi connectivity index (χ3n) is 2.88. The Balaban J connectivity index is 2.71. The first-order valence-electron chi connectivity index (χ1n) is 5.15. The van der Waals surface area contributed by atoms with Crippen molar-refractivity contribution in [3.8, 4) is 34.5 Å². The van der Waals surface area contributed by atoms with E-state index in [-0.39, 0.29) is 31.7 Å². The molecule has 0 spiro atoms. The Morgan fingerprint density at radius 3 is 1.32 bits per heavy atom. The maximum atomic E-state index is 9.85. The first kappa shape index (κ1) is 11.5. The molecule has 2 aromatic carbocycles. The van der Waals surface area contributed by atoms with Crippen molar-refractivity contribution >= 4 is 31.5 Å². The third-order valence-corrected chi connectivity index (χ3v) is 4.11. The van der Waals surface area contributed by atoms with Crippen LogP contribution in [0.3, 0.4) is 0 Å². The minimum absolute atomic E-state index is 0.0267. The van der Waals surface area contributed by atoms with Gasteiger partial charge in [-0.3, -0.25) is 0 Å². The van der Waals surface area contributed by atoms with Gasteiger partial charge in [0.15, 0.2) is 23.0 Å². The molecule has 7 heteroatoms. The van der Waals surface area contributed by atoms with Gasteiger partial charge in [0.05, 0.1) is 20.2 Å². The lowest BCUT2D eigenvalue weighted by atomic mass is 10.1. The van der Waals surface area contributed by atoms with E-state index in [0.717, 1.165) is 23.5 Å². The lowest BCUT2D eigenvalue weighted by Crippen LogP contribution is -1.76. The molecule has 0 atom stereocenters. The standard InChI is InChI=1S/C12H8O6S/c13-3-1-5(15)11-7(9(3)17)8-10(18)4(14)2-6(16)12(8)19-11/h1-2,13-18H. The van der Waals surface area contributed by atoms with Gasteiger partial charge in [0.25, 0.3) is 0 Å². The van der Waals surface area contributed by atoms with E-state index >= 15 is 0 Å². The number of phenols is 6. The van der Waals surface area contributed by atoms with E-state index in [4.69, 9.17) is 0 Å². The van der Waals surface area contributed by atoms with Crippen molar-refractivity contribution in [1.29, 1.82) is 0 Å². The van der Waals surface area contributed by atoms with Gasteiger partial charge in [-0.2, -0.15) is 0 Å². The zero-order valence-electron chi connectivity index (χ0n) is 9.25. The fraction of sp³-hybridized carbons (Fsp3) is 0. The van der Waals surface area contributed by atoms with Crippen molar-refractivity contribution in [3.63, 3.8) is 0 Å².